The van der Waals surface area contributed by atoms with Crippen LogP contribution in [0.25, 0.3) is 0 Å². The molecule has 2 aromatic carbocycles. The van der Waals surface area contributed by atoms with Gasteiger partial charge in [0.05, 0.1) is 20.8 Å². The lowest BCUT2D eigenvalue weighted by Gasteiger charge is -2.38. The number of hydrogen-bond donors (Lipinski definition) is 2. The van der Waals surface area contributed by atoms with Crippen LogP contribution in [0.2, 0.25) is 0 Å². The third-order valence-electron chi connectivity index (χ3n) is 5.67. The van der Waals surface area contributed by atoms with E-state index in [2.05, 4.69) is 29.7 Å². The third-order valence-corrected chi connectivity index (χ3v) is 5.67. The van der Waals surface area contributed by atoms with Crippen molar-refractivity contribution in [2.75, 3.05) is 40.5 Å². The van der Waals surface area contributed by atoms with Gasteiger partial charge in [-0.15, -0.1) is 24.0 Å². The van der Waals surface area contributed by atoms with Crippen molar-refractivity contribution >= 4 is 29.9 Å². The van der Waals surface area contributed by atoms with E-state index in [1.807, 2.05) is 36.4 Å². The van der Waals surface area contributed by atoms with E-state index in [0.29, 0.717) is 6.54 Å². The molecule has 0 spiro atoms. The monoisotopic (exact) mass is 539 g/mol. The highest BCUT2D eigenvalue weighted by atomic mass is 127. The maximum atomic E-state index is 5.66. The topological polar surface area (TPSA) is 64.1 Å². The Morgan fingerprint density at radius 1 is 0.935 bits per heavy atom. The van der Waals surface area contributed by atoms with E-state index in [9.17, 15) is 0 Å². The Morgan fingerprint density at radius 3 is 2.06 bits per heavy atom. The molecular weight excluding hydrogens is 505 g/mol. The molecule has 2 aromatic rings. The van der Waals surface area contributed by atoms with Crippen LogP contribution < -0.4 is 20.1 Å². The molecule has 0 amide bonds. The van der Waals surface area contributed by atoms with Gasteiger partial charge in [-0.2, -0.15) is 0 Å². The van der Waals surface area contributed by atoms with E-state index in [0.717, 1.165) is 62.2 Å². The summed E-state index contributed by atoms with van der Waals surface area (Å²) in [5, 5.41) is 6.94. The number of rotatable bonds is 8. The largest absolute Gasteiger partial charge is 0.497 e. The van der Waals surface area contributed by atoms with E-state index >= 15 is 0 Å². The van der Waals surface area contributed by atoms with Crippen LogP contribution in [0.1, 0.15) is 30.9 Å². The quantitative estimate of drug-likeness (QED) is 0.300. The molecule has 1 saturated heterocycles. The molecule has 7 heteroatoms. The molecule has 1 fully saturated rings. The number of halogens is 1. The fraction of sp³-hybridized carbons (Fsp3) is 0.458. The first-order chi connectivity index (χ1) is 14.7. The lowest BCUT2D eigenvalue weighted by molar-refractivity contribution is 0.0513. The smallest absolute Gasteiger partial charge is 0.191 e. The summed E-state index contributed by atoms with van der Waals surface area (Å²) in [6.45, 7) is 5.85. The standard InChI is InChI=1S/C24H33N3O3.HI/c1-4-25-23(26-17-19-5-9-21(28-2)10-6-19)27-18-24(13-15-30-16-14-24)20-7-11-22(29-3)12-8-20;/h5-12H,4,13-18H2,1-3H3,(H2,25,26,27);1H. The van der Waals surface area contributed by atoms with Crippen molar-refractivity contribution in [1.82, 2.24) is 10.6 Å². The normalized spacial score (nSPS) is 15.5. The van der Waals surface area contributed by atoms with Crippen LogP contribution in [-0.2, 0) is 16.7 Å². The van der Waals surface area contributed by atoms with Crippen LogP contribution >= 0.6 is 24.0 Å². The molecule has 31 heavy (non-hydrogen) atoms. The molecule has 0 saturated carbocycles. The van der Waals surface area contributed by atoms with Crippen LogP contribution in [0.3, 0.4) is 0 Å². The van der Waals surface area contributed by atoms with E-state index in [4.69, 9.17) is 19.2 Å². The molecule has 1 aliphatic rings. The van der Waals surface area contributed by atoms with Gasteiger partial charge in [-0.05, 0) is 55.2 Å². The molecule has 0 aromatic heterocycles. The average Bonchev–Trinajstić information content (AvgIpc) is 2.82. The number of aliphatic imine (C=N–C) groups is 1. The zero-order valence-electron chi connectivity index (χ0n) is 18.6. The molecule has 0 aliphatic carbocycles. The number of methoxy groups -OCH3 is 2. The van der Waals surface area contributed by atoms with Crippen molar-refractivity contribution in [1.29, 1.82) is 0 Å². The highest BCUT2D eigenvalue weighted by molar-refractivity contribution is 14.0. The van der Waals surface area contributed by atoms with Gasteiger partial charge in [0.25, 0.3) is 0 Å². The lowest BCUT2D eigenvalue weighted by atomic mass is 9.74. The zero-order chi connectivity index (χ0) is 21.2. The SMILES string of the molecule is CCNC(=NCc1ccc(OC)cc1)NCC1(c2ccc(OC)cc2)CCOCC1.I. The van der Waals surface area contributed by atoms with Gasteiger partial charge in [0.15, 0.2) is 5.96 Å². The molecular formula is C24H34IN3O3. The van der Waals surface area contributed by atoms with Crippen LogP contribution in [-0.4, -0.2) is 46.5 Å². The van der Waals surface area contributed by atoms with Crippen molar-refractivity contribution in [3.8, 4) is 11.5 Å². The number of nitrogens with one attached hydrogen (secondary N) is 2. The lowest BCUT2D eigenvalue weighted by Crippen LogP contribution is -2.48. The summed E-state index contributed by atoms with van der Waals surface area (Å²) in [6.07, 6.45) is 1.95. The van der Waals surface area contributed by atoms with Gasteiger partial charge < -0.3 is 24.8 Å². The summed E-state index contributed by atoms with van der Waals surface area (Å²) in [7, 11) is 3.37. The molecule has 1 aliphatic heterocycles. The van der Waals surface area contributed by atoms with Gasteiger partial charge >= 0.3 is 0 Å². The van der Waals surface area contributed by atoms with Gasteiger partial charge in [-0.3, -0.25) is 0 Å². The second-order valence-electron chi connectivity index (χ2n) is 7.52. The first-order valence-corrected chi connectivity index (χ1v) is 10.6. The summed E-state index contributed by atoms with van der Waals surface area (Å²) < 4.78 is 16.2. The molecule has 3 rings (SSSR count). The summed E-state index contributed by atoms with van der Waals surface area (Å²) >= 11 is 0. The van der Waals surface area contributed by atoms with Crippen LogP contribution in [0.15, 0.2) is 53.5 Å². The van der Waals surface area contributed by atoms with Crippen LogP contribution in [0, 0.1) is 0 Å². The maximum Gasteiger partial charge on any atom is 0.191 e. The van der Waals surface area contributed by atoms with Crippen molar-refractivity contribution < 1.29 is 14.2 Å². The van der Waals surface area contributed by atoms with E-state index < -0.39 is 0 Å². The second-order valence-corrected chi connectivity index (χ2v) is 7.52. The predicted octanol–water partition coefficient (Wildman–Crippen LogP) is 4.13. The molecule has 1 heterocycles. The van der Waals surface area contributed by atoms with E-state index in [1.54, 1.807) is 14.2 Å². The minimum absolute atomic E-state index is 0. The summed E-state index contributed by atoms with van der Waals surface area (Å²) in [5.74, 6) is 2.56. The van der Waals surface area contributed by atoms with Crippen molar-refractivity contribution in [3.05, 3.63) is 59.7 Å². The highest BCUT2D eigenvalue weighted by Crippen LogP contribution is 2.35. The van der Waals surface area contributed by atoms with Gasteiger partial charge in [0, 0.05) is 31.7 Å². The van der Waals surface area contributed by atoms with Gasteiger partial charge in [-0.25, -0.2) is 4.99 Å². The molecule has 0 radical (unpaired) electrons. The summed E-state index contributed by atoms with van der Waals surface area (Å²) in [4.78, 5) is 4.78. The number of nitrogens with zero attached hydrogens (tertiary/aromatic N) is 1. The highest BCUT2D eigenvalue weighted by Gasteiger charge is 2.34. The Balaban J connectivity index is 0.00000341. The van der Waals surface area contributed by atoms with Gasteiger partial charge in [-0.1, -0.05) is 24.3 Å². The van der Waals surface area contributed by atoms with Gasteiger partial charge in [0.1, 0.15) is 11.5 Å². The first-order valence-electron chi connectivity index (χ1n) is 10.6. The Hall–Kier alpha value is -2.00. The minimum atomic E-state index is 0. The molecule has 6 nitrogen and oxygen atoms in total. The first kappa shape index (κ1) is 25.3. The summed E-state index contributed by atoms with van der Waals surface area (Å²) in [5.41, 5.74) is 2.47. The molecule has 2 N–H and O–H groups in total. The number of benzene rings is 2. The van der Waals surface area contributed by atoms with Crippen LogP contribution in [0.4, 0.5) is 0 Å². The predicted molar refractivity (Wildman–Crippen MR) is 136 cm³/mol. The molecule has 0 atom stereocenters. The Labute approximate surface area is 202 Å². The van der Waals surface area contributed by atoms with Crippen molar-refractivity contribution in [3.63, 3.8) is 0 Å². The maximum absolute atomic E-state index is 5.66. The fourth-order valence-corrected chi connectivity index (χ4v) is 3.77. The number of hydrogen-bond acceptors (Lipinski definition) is 4. The molecule has 0 unspecified atom stereocenters. The van der Waals surface area contributed by atoms with Gasteiger partial charge in [0.2, 0.25) is 0 Å². The Kier molecular flexibility index (Phi) is 10.4. The second kappa shape index (κ2) is 12.8. The van der Waals surface area contributed by atoms with Crippen LogP contribution in [0.5, 0.6) is 11.5 Å². The zero-order valence-corrected chi connectivity index (χ0v) is 21.0. The number of guanidine groups is 1. The number of ether oxygens (including phenoxy) is 3. The van der Waals surface area contributed by atoms with Crippen molar-refractivity contribution in [2.45, 2.75) is 31.7 Å². The molecule has 170 valence electrons. The minimum Gasteiger partial charge on any atom is -0.497 e. The van der Waals surface area contributed by atoms with Crippen molar-refractivity contribution in [2.24, 2.45) is 4.99 Å². The Bertz CT molecular complexity index is 804. The average molecular weight is 539 g/mol. The third kappa shape index (κ3) is 7.00. The van der Waals surface area contributed by atoms with E-state index in [-0.39, 0.29) is 29.4 Å². The fourth-order valence-electron chi connectivity index (χ4n) is 3.77. The Morgan fingerprint density at radius 2 is 1.52 bits per heavy atom. The summed E-state index contributed by atoms with van der Waals surface area (Å²) in [6, 6.07) is 16.4. The van der Waals surface area contributed by atoms with E-state index in [1.165, 1.54) is 5.56 Å². The molecule has 0 bridgehead atoms.